The minimum Gasteiger partial charge on any atom is -0.378 e. The Balaban J connectivity index is 1.79. The Hall–Kier alpha value is -2.09. The van der Waals surface area contributed by atoms with E-state index in [4.69, 9.17) is 16.3 Å². The Labute approximate surface area is 170 Å². The van der Waals surface area contributed by atoms with Crippen molar-refractivity contribution in [1.82, 2.24) is 4.90 Å². The normalized spacial score (nSPS) is 14.7. The van der Waals surface area contributed by atoms with Crippen LogP contribution in [0, 0.1) is 0 Å². The van der Waals surface area contributed by atoms with Gasteiger partial charge in [-0.3, -0.25) is 9.52 Å². The van der Waals surface area contributed by atoms with Crippen molar-refractivity contribution in [3.63, 3.8) is 0 Å². The Bertz CT molecular complexity index is 910. The van der Waals surface area contributed by atoms with Gasteiger partial charge >= 0.3 is 0 Å². The number of alkyl halides is 1. The molecule has 1 amide bonds. The van der Waals surface area contributed by atoms with E-state index in [2.05, 4.69) is 4.72 Å². The summed E-state index contributed by atoms with van der Waals surface area (Å²) in [7, 11) is -3.81. The number of hydrogen-bond donors (Lipinski definition) is 1. The van der Waals surface area contributed by atoms with Gasteiger partial charge < -0.3 is 9.64 Å². The number of amides is 1. The van der Waals surface area contributed by atoms with Gasteiger partial charge in [0.2, 0.25) is 0 Å². The first-order valence-electron chi connectivity index (χ1n) is 9.15. The van der Waals surface area contributed by atoms with Crippen molar-refractivity contribution in [3.05, 3.63) is 59.7 Å². The lowest BCUT2D eigenvalue weighted by Crippen LogP contribution is -2.41. The summed E-state index contributed by atoms with van der Waals surface area (Å²) in [5, 5.41) is 0. The summed E-state index contributed by atoms with van der Waals surface area (Å²) in [6.45, 7) is 1.94. The monoisotopic (exact) mass is 422 g/mol. The number of sulfonamides is 1. The first-order chi connectivity index (χ1) is 13.5. The Morgan fingerprint density at radius 2 is 1.75 bits per heavy atom. The molecule has 1 N–H and O–H groups in total. The van der Waals surface area contributed by atoms with E-state index in [9.17, 15) is 13.2 Å². The predicted molar refractivity (Wildman–Crippen MR) is 109 cm³/mol. The molecule has 2 aromatic rings. The SMILES string of the molecule is O=C(c1ccccc1NS(=O)(=O)c1ccc(CCCCl)cc1)N1CCOCC1. The van der Waals surface area contributed by atoms with Crippen molar-refractivity contribution in [2.75, 3.05) is 36.9 Å². The molecule has 8 heteroatoms. The minimum absolute atomic E-state index is 0.149. The zero-order chi connectivity index (χ0) is 20.0. The molecule has 1 aliphatic rings. The van der Waals surface area contributed by atoms with Gasteiger partial charge in [-0.1, -0.05) is 24.3 Å². The molecule has 28 heavy (non-hydrogen) atoms. The van der Waals surface area contributed by atoms with E-state index < -0.39 is 10.0 Å². The standard InChI is InChI=1S/C20H23ClN2O4S/c21-11-3-4-16-7-9-17(10-8-16)28(25,26)22-19-6-2-1-5-18(19)20(24)23-12-14-27-15-13-23/h1-2,5-10,22H,3-4,11-15H2. The van der Waals surface area contributed by atoms with Crippen molar-refractivity contribution in [2.45, 2.75) is 17.7 Å². The van der Waals surface area contributed by atoms with Gasteiger partial charge in [0.1, 0.15) is 0 Å². The number of halogens is 1. The third-order valence-electron chi connectivity index (χ3n) is 4.53. The maximum atomic E-state index is 12.8. The molecule has 2 aromatic carbocycles. The molecule has 1 aliphatic heterocycles. The number of nitrogens with one attached hydrogen (secondary N) is 1. The van der Waals surface area contributed by atoms with Crippen LogP contribution in [0.15, 0.2) is 53.4 Å². The van der Waals surface area contributed by atoms with Crippen LogP contribution < -0.4 is 4.72 Å². The molecule has 0 atom stereocenters. The average molecular weight is 423 g/mol. The Morgan fingerprint density at radius 1 is 1.07 bits per heavy atom. The van der Waals surface area contributed by atoms with Crippen molar-refractivity contribution < 1.29 is 17.9 Å². The largest absolute Gasteiger partial charge is 0.378 e. The van der Waals surface area contributed by atoms with Gasteiger partial charge in [0.25, 0.3) is 15.9 Å². The third kappa shape index (κ3) is 5.04. The molecule has 0 bridgehead atoms. The molecular weight excluding hydrogens is 400 g/mol. The molecular formula is C20H23ClN2O4S. The van der Waals surface area contributed by atoms with Gasteiger partial charge in [-0.05, 0) is 42.7 Å². The van der Waals surface area contributed by atoms with Crippen LogP contribution in [0.4, 0.5) is 5.69 Å². The van der Waals surface area contributed by atoms with Crippen LogP contribution in [0.3, 0.4) is 0 Å². The van der Waals surface area contributed by atoms with E-state index in [1.165, 1.54) is 0 Å². The molecule has 0 aromatic heterocycles. The maximum Gasteiger partial charge on any atom is 0.261 e. The second-order valence-corrected chi connectivity index (χ2v) is 8.55. The van der Waals surface area contributed by atoms with Crippen LogP contribution >= 0.6 is 11.6 Å². The molecule has 6 nitrogen and oxygen atoms in total. The molecule has 0 aliphatic carbocycles. The fraction of sp³-hybridized carbons (Fsp3) is 0.350. The molecule has 1 heterocycles. The summed E-state index contributed by atoms with van der Waals surface area (Å²) in [4.78, 5) is 14.6. The zero-order valence-corrected chi connectivity index (χ0v) is 17.0. The van der Waals surface area contributed by atoms with Crippen molar-refractivity contribution in [1.29, 1.82) is 0 Å². The summed E-state index contributed by atoms with van der Waals surface area (Å²) >= 11 is 5.70. The lowest BCUT2D eigenvalue weighted by Gasteiger charge is -2.27. The number of hydrogen-bond acceptors (Lipinski definition) is 4. The number of ether oxygens (including phenoxy) is 1. The fourth-order valence-corrected chi connectivity index (χ4v) is 4.22. The van der Waals surface area contributed by atoms with E-state index >= 15 is 0 Å². The van der Waals surface area contributed by atoms with Crippen LogP contribution in [0.1, 0.15) is 22.3 Å². The van der Waals surface area contributed by atoms with E-state index in [0.29, 0.717) is 37.7 Å². The molecule has 0 unspecified atom stereocenters. The van der Waals surface area contributed by atoms with Crippen LogP contribution in [-0.2, 0) is 21.2 Å². The molecule has 0 saturated carbocycles. The molecule has 3 rings (SSSR count). The molecule has 0 radical (unpaired) electrons. The van der Waals surface area contributed by atoms with Crippen LogP contribution in [-0.4, -0.2) is 51.4 Å². The van der Waals surface area contributed by atoms with Gasteiger partial charge in [-0.25, -0.2) is 8.42 Å². The van der Waals surface area contributed by atoms with Gasteiger partial charge in [0.15, 0.2) is 0 Å². The highest BCUT2D eigenvalue weighted by Crippen LogP contribution is 2.22. The summed E-state index contributed by atoms with van der Waals surface area (Å²) < 4.78 is 33.4. The minimum atomic E-state index is -3.81. The summed E-state index contributed by atoms with van der Waals surface area (Å²) in [5.74, 6) is 0.355. The van der Waals surface area contributed by atoms with E-state index in [1.807, 2.05) is 0 Å². The second kappa shape index (κ2) is 9.41. The van der Waals surface area contributed by atoms with Crippen molar-refractivity contribution in [2.24, 2.45) is 0 Å². The summed E-state index contributed by atoms with van der Waals surface area (Å²) in [6, 6.07) is 13.3. The number of anilines is 1. The maximum absolute atomic E-state index is 12.8. The lowest BCUT2D eigenvalue weighted by molar-refractivity contribution is 0.0303. The lowest BCUT2D eigenvalue weighted by atomic mass is 10.1. The van der Waals surface area contributed by atoms with Gasteiger partial charge in [0, 0.05) is 19.0 Å². The number of morpholine rings is 1. The number of nitrogens with zero attached hydrogens (tertiary/aromatic N) is 1. The fourth-order valence-electron chi connectivity index (χ4n) is 3.01. The quantitative estimate of drug-likeness (QED) is 0.695. The molecule has 150 valence electrons. The first kappa shape index (κ1) is 20.6. The molecule has 1 fully saturated rings. The highest BCUT2D eigenvalue weighted by Gasteiger charge is 2.23. The van der Waals surface area contributed by atoms with Crippen LogP contribution in [0.2, 0.25) is 0 Å². The Morgan fingerprint density at radius 3 is 2.43 bits per heavy atom. The number of para-hydroxylation sites is 1. The van der Waals surface area contributed by atoms with Crippen molar-refractivity contribution >= 4 is 33.2 Å². The smallest absolute Gasteiger partial charge is 0.261 e. The van der Waals surface area contributed by atoms with E-state index in [1.54, 1.807) is 53.4 Å². The van der Waals surface area contributed by atoms with Crippen LogP contribution in [0.25, 0.3) is 0 Å². The van der Waals surface area contributed by atoms with Crippen LogP contribution in [0.5, 0.6) is 0 Å². The number of carbonyl (C=O) groups is 1. The van der Waals surface area contributed by atoms with Gasteiger partial charge in [0.05, 0.1) is 29.4 Å². The van der Waals surface area contributed by atoms with E-state index in [-0.39, 0.29) is 16.5 Å². The highest BCUT2D eigenvalue weighted by atomic mass is 35.5. The first-order valence-corrected chi connectivity index (χ1v) is 11.2. The average Bonchev–Trinajstić information content (AvgIpc) is 2.73. The molecule has 0 spiro atoms. The molecule has 1 saturated heterocycles. The van der Waals surface area contributed by atoms with Crippen molar-refractivity contribution in [3.8, 4) is 0 Å². The summed E-state index contributed by atoms with van der Waals surface area (Å²) in [6.07, 6.45) is 1.64. The topological polar surface area (TPSA) is 75.7 Å². The van der Waals surface area contributed by atoms with E-state index in [0.717, 1.165) is 18.4 Å². The number of carbonyl (C=O) groups excluding carboxylic acids is 1. The number of benzene rings is 2. The number of rotatable bonds is 7. The third-order valence-corrected chi connectivity index (χ3v) is 6.18. The highest BCUT2D eigenvalue weighted by molar-refractivity contribution is 7.92. The predicted octanol–water partition coefficient (Wildman–Crippen LogP) is 3.13. The second-order valence-electron chi connectivity index (χ2n) is 6.49. The van der Waals surface area contributed by atoms with Gasteiger partial charge in [-0.15, -0.1) is 11.6 Å². The Kier molecular flexibility index (Phi) is 6.93. The zero-order valence-electron chi connectivity index (χ0n) is 15.4. The van der Waals surface area contributed by atoms with Gasteiger partial charge in [-0.2, -0.15) is 0 Å². The number of aryl methyl sites for hydroxylation is 1. The summed E-state index contributed by atoms with van der Waals surface area (Å²) in [5.41, 5.74) is 1.62.